The molecule has 7 nitrogen and oxygen atoms in total. The van der Waals surface area contributed by atoms with E-state index < -0.39 is 18.0 Å². The number of hydrogen-bond donors (Lipinski definition) is 2. The van der Waals surface area contributed by atoms with Crippen LogP contribution in [-0.2, 0) is 9.47 Å². The summed E-state index contributed by atoms with van der Waals surface area (Å²) in [5.74, 6) is -1.03. The molecule has 0 aliphatic heterocycles. The first kappa shape index (κ1) is 27.1. The molecule has 2 aromatic carbocycles. The highest BCUT2D eigenvalue weighted by Gasteiger charge is 2.28. The maximum absolute atomic E-state index is 13.2. The first-order valence-electron chi connectivity index (χ1n) is 12.2. The Bertz CT molecular complexity index is 1350. The average Bonchev–Trinajstić information content (AvgIpc) is 3.40. The molecule has 2 heterocycles. The fourth-order valence-corrected chi connectivity index (χ4v) is 6.32. The summed E-state index contributed by atoms with van der Waals surface area (Å²) >= 11 is 2.58. The minimum absolute atomic E-state index is 0.202. The molecule has 0 bridgehead atoms. The largest absolute Gasteiger partial charge is 0.462 e. The van der Waals surface area contributed by atoms with Crippen LogP contribution in [0.25, 0.3) is 22.3 Å². The van der Waals surface area contributed by atoms with E-state index in [4.69, 9.17) is 9.47 Å². The van der Waals surface area contributed by atoms with E-state index in [0.717, 1.165) is 32.0 Å². The molecule has 0 atom stereocenters. The molecule has 0 spiro atoms. The van der Waals surface area contributed by atoms with Crippen LogP contribution in [-0.4, -0.2) is 31.2 Å². The second-order valence-corrected chi connectivity index (χ2v) is 10.7. The van der Waals surface area contributed by atoms with Crippen molar-refractivity contribution in [2.24, 2.45) is 0 Å². The van der Waals surface area contributed by atoms with Gasteiger partial charge in [-0.2, -0.15) is 0 Å². The number of esters is 2. The van der Waals surface area contributed by atoms with Crippen LogP contribution < -0.4 is 10.6 Å². The van der Waals surface area contributed by atoms with E-state index >= 15 is 0 Å². The van der Waals surface area contributed by atoms with Gasteiger partial charge in [-0.3, -0.25) is 10.6 Å². The number of carbonyl (C=O) groups is 3. The van der Waals surface area contributed by atoms with E-state index in [-0.39, 0.29) is 13.2 Å². The lowest BCUT2D eigenvalue weighted by molar-refractivity contribution is 0.0519. The average molecular weight is 549 g/mol. The predicted molar refractivity (Wildman–Crippen MR) is 154 cm³/mol. The number of nitrogens with one attached hydrogen (secondary N) is 2. The third kappa shape index (κ3) is 5.64. The highest BCUT2D eigenvalue weighted by Crippen LogP contribution is 2.42. The van der Waals surface area contributed by atoms with Gasteiger partial charge in [0.05, 0.1) is 13.2 Å². The summed E-state index contributed by atoms with van der Waals surface area (Å²) in [6.45, 7) is 7.66. The number of anilines is 2. The van der Waals surface area contributed by atoms with Crippen molar-refractivity contribution in [1.82, 2.24) is 0 Å². The molecule has 2 N–H and O–H groups in total. The third-order valence-corrected chi connectivity index (χ3v) is 7.75. The van der Waals surface area contributed by atoms with Crippen LogP contribution in [0.15, 0.2) is 60.7 Å². The molecule has 196 valence electrons. The van der Waals surface area contributed by atoms with Gasteiger partial charge in [0.1, 0.15) is 21.1 Å². The van der Waals surface area contributed by atoms with Gasteiger partial charge >= 0.3 is 18.0 Å². The van der Waals surface area contributed by atoms with Crippen molar-refractivity contribution in [3.8, 4) is 22.3 Å². The highest BCUT2D eigenvalue weighted by atomic mass is 32.1. The van der Waals surface area contributed by atoms with Crippen molar-refractivity contribution < 1.29 is 23.9 Å². The quantitative estimate of drug-likeness (QED) is 0.220. The predicted octanol–water partition coefficient (Wildman–Crippen LogP) is 7.76. The smallest absolute Gasteiger partial charge is 0.341 e. The minimum atomic E-state index is -0.581. The molecule has 2 aromatic heterocycles. The minimum Gasteiger partial charge on any atom is -0.462 e. The van der Waals surface area contributed by atoms with Crippen LogP contribution in [0.5, 0.6) is 0 Å². The molecule has 0 aliphatic carbocycles. The SMILES string of the molecule is CCOC(=O)c1c(NC(=O)Nc2sc(C)c(-c3ccccc3)c2C(=O)OCC)sc(C)c1-c1ccccc1. The lowest BCUT2D eigenvalue weighted by Crippen LogP contribution is -2.21. The zero-order valence-corrected chi connectivity index (χ0v) is 23.2. The van der Waals surface area contributed by atoms with E-state index in [9.17, 15) is 14.4 Å². The summed E-state index contributed by atoms with van der Waals surface area (Å²) in [6, 6.07) is 18.4. The van der Waals surface area contributed by atoms with E-state index in [1.54, 1.807) is 13.8 Å². The van der Waals surface area contributed by atoms with Crippen molar-refractivity contribution in [3.63, 3.8) is 0 Å². The number of rotatable bonds is 8. The molecule has 0 saturated heterocycles. The Balaban J connectivity index is 1.70. The number of amides is 2. The van der Waals surface area contributed by atoms with Gasteiger partial charge in [-0.1, -0.05) is 60.7 Å². The van der Waals surface area contributed by atoms with Gasteiger partial charge in [0.2, 0.25) is 0 Å². The van der Waals surface area contributed by atoms with E-state index in [1.165, 1.54) is 22.7 Å². The monoisotopic (exact) mass is 548 g/mol. The van der Waals surface area contributed by atoms with Gasteiger partial charge in [0.25, 0.3) is 0 Å². The van der Waals surface area contributed by atoms with Crippen LogP contribution in [0.4, 0.5) is 14.8 Å². The number of urea groups is 1. The Labute approximate surface area is 229 Å². The van der Waals surface area contributed by atoms with Crippen LogP contribution in [0.3, 0.4) is 0 Å². The zero-order valence-electron chi connectivity index (χ0n) is 21.5. The second kappa shape index (κ2) is 12.1. The second-order valence-electron chi connectivity index (χ2n) is 8.23. The molecule has 0 fully saturated rings. The van der Waals surface area contributed by atoms with Crippen LogP contribution in [0, 0.1) is 13.8 Å². The number of carbonyl (C=O) groups excluding carboxylic acids is 3. The number of benzene rings is 2. The van der Waals surface area contributed by atoms with Crippen molar-refractivity contribution in [1.29, 1.82) is 0 Å². The maximum atomic E-state index is 13.2. The molecule has 0 radical (unpaired) electrons. The Morgan fingerprint density at radius 1 is 0.658 bits per heavy atom. The van der Waals surface area contributed by atoms with Gasteiger partial charge in [-0.15, -0.1) is 22.7 Å². The van der Waals surface area contributed by atoms with Crippen LogP contribution in [0.1, 0.15) is 44.3 Å². The van der Waals surface area contributed by atoms with Crippen molar-refractivity contribution in [2.45, 2.75) is 27.7 Å². The van der Waals surface area contributed by atoms with Crippen molar-refractivity contribution in [2.75, 3.05) is 23.8 Å². The Hall–Kier alpha value is -3.95. The normalized spacial score (nSPS) is 10.6. The molecule has 0 saturated carbocycles. The Morgan fingerprint density at radius 3 is 1.37 bits per heavy atom. The van der Waals surface area contributed by atoms with E-state index in [1.807, 2.05) is 74.5 Å². The molecule has 2 amide bonds. The van der Waals surface area contributed by atoms with E-state index in [0.29, 0.717) is 21.1 Å². The Kier molecular flexibility index (Phi) is 8.60. The lowest BCUT2D eigenvalue weighted by Gasteiger charge is -2.11. The number of thiophene rings is 2. The molecule has 4 aromatic rings. The maximum Gasteiger partial charge on any atom is 0.341 e. The highest BCUT2D eigenvalue weighted by molar-refractivity contribution is 7.18. The standard InChI is InChI=1S/C29H28N2O5S2/c1-5-35-27(32)23-21(19-13-9-7-10-14-19)17(3)37-25(23)30-29(34)31-26-24(28(33)36-6-2)22(18(4)38-26)20-15-11-8-12-16-20/h7-16H,5-6H2,1-4H3,(H2,30,31,34). The first-order chi connectivity index (χ1) is 18.3. The molecule has 0 unspecified atom stereocenters. The van der Waals surface area contributed by atoms with Crippen molar-refractivity contribution >= 4 is 50.6 Å². The van der Waals surface area contributed by atoms with Gasteiger partial charge in [-0.05, 0) is 38.8 Å². The molecule has 9 heteroatoms. The molecule has 4 rings (SSSR count). The summed E-state index contributed by atoms with van der Waals surface area (Å²) < 4.78 is 10.7. The van der Waals surface area contributed by atoms with Gasteiger partial charge in [-0.25, -0.2) is 14.4 Å². The molecular formula is C29H28N2O5S2. The number of aryl methyl sites for hydroxylation is 2. The fraction of sp³-hybridized carbons (Fsp3) is 0.207. The van der Waals surface area contributed by atoms with Gasteiger partial charge in [0.15, 0.2) is 0 Å². The summed E-state index contributed by atoms with van der Waals surface area (Å²) in [6.07, 6.45) is 0. The molecule has 0 aliphatic rings. The van der Waals surface area contributed by atoms with E-state index in [2.05, 4.69) is 10.6 Å². The van der Waals surface area contributed by atoms with Gasteiger partial charge < -0.3 is 9.47 Å². The zero-order chi connectivity index (χ0) is 27.2. The topological polar surface area (TPSA) is 93.7 Å². The molecule has 38 heavy (non-hydrogen) atoms. The third-order valence-electron chi connectivity index (χ3n) is 5.71. The van der Waals surface area contributed by atoms with Crippen molar-refractivity contribution in [3.05, 3.63) is 81.5 Å². The summed E-state index contributed by atoms with van der Waals surface area (Å²) in [4.78, 5) is 40.9. The number of hydrogen-bond acceptors (Lipinski definition) is 7. The van der Waals surface area contributed by atoms with Gasteiger partial charge in [0, 0.05) is 20.9 Å². The summed E-state index contributed by atoms with van der Waals surface area (Å²) in [5.41, 5.74) is 3.74. The lowest BCUT2D eigenvalue weighted by atomic mass is 10.0. The summed E-state index contributed by atoms with van der Waals surface area (Å²) in [5, 5.41) is 6.37. The number of ether oxygens (including phenoxy) is 2. The van der Waals surface area contributed by atoms with Crippen LogP contribution in [0.2, 0.25) is 0 Å². The first-order valence-corrected chi connectivity index (χ1v) is 13.8. The summed E-state index contributed by atoms with van der Waals surface area (Å²) in [7, 11) is 0. The molecular weight excluding hydrogens is 520 g/mol. The van der Waals surface area contributed by atoms with Crippen LogP contribution >= 0.6 is 22.7 Å². The fourth-order valence-electron chi connectivity index (χ4n) is 4.20. The Morgan fingerprint density at radius 2 is 1.03 bits per heavy atom.